The molecule has 3 aromatic rings. The molecule has 0 spiro atoms. The summed E-state index contributed by atoms with van der Waals surface area (Å²) in [6.07, 6.45) is 1.51. The van der Waals surface area contributed by atoms with Crippen molar-refractivity contribution in [3.8, 4) is 6.07 Å². The van der Waals surface area contributed by atoms with Crippen LogP contribution in [0.5, 0.6) is 0 Å². The molecule has 0 atom stereocenters. The Morgan fingerprint density at radius 3 is 2.47 bits per heavy atom. The zero-order valence-corrected chi connectivity index (χ0v) is 18.0. The summed E-state index contributed by atoms with van der Waals surface area (Å²) in [7, 11) is 0. The van der Waals surface area contributed by atoms with Crippen molar-refractivity contribution in [2.24, 2.45) is 0 Å². The van der Waals surface area contributed by atoms with Crippen molar-refractivity contribution in [3.63, 3.8) is 0 Å². The quantitative estimate of drug-likeness (QED) is 0.421. The molecule has 0 aliphatic rings. The minimum Gasteiger partial charge on any atom is -0.321 e. The average molecular weight is 463 g/mol. The molecule has 2 amide bonds. The normalized spacial score (nSPS) is 10.9. The van der Waals surface area contributed by atoms with E-state index >= 15 is 0 Å². The number of aromatic nitrogens is 1. The maximum atomic E-state index is 12.5. The molecule has 3 rings (SSSR count). The molecule has 2 N–H and O–H groups in total. The van der Waals surface area contributed by atoms with Gasteiger partial charge in [-0.1, -0.05) is 40.2 Å². The van der Waals surface area contributed by atoms with E-state index in [1.807, 2.05) is 38.1 Å². The molecule has 0 fully saturated rings. The molecule has 0 bridgehead atoms. The lowest BCUT2D eigenvalue weighted by atomic mass is 10.1. The van der Waals surface area contributed by atoms with E-state index in [0.717, 1.165) is 10.2 Å². The molecular weight excluding hydrogens is 444 g/mol. The smallest absolute Gasteiger partial charge is 0.270 e. The van der Waals surface area contributed by atoms with Gasteiger partial charge in [0.2, 0.25) is 0 Å². The zero-order valence-electron chi connectivity index (χ0n) is 16.4. The van der Waals surface area contributed by atoms with Crippen LogP contribution in [0.2, 0.25) is 0 Å². The van der Waals surface area contributed by atoms with Gasteiger partial charge < -0.3 is 5.32 Å². The summed E-state index contributed by atoms with van der Waals surface area (Å²) in [5.74, 6) is -0.755. The number of aryl methyl sites for hydroxylation is 1. The number of rotatable bonds is 5. The van der Waals surface area contributed by atoms with E-state index < -0.39 is 5.91 Å². The molecule has 150 valence electrons. The molecule has 7 heteroatoms. The lowest BCUT2D eigenvalue weighted by molar-refractivity contribution is -0.112. The van der Waals surface area contributed by atoms with Gasteiger partial charge in [0.1, 0.15) is 11.6 Å². The van der Waals surface area contributed by atoms with Crippen LogP contribution < -0.4 is 10.7 Å². The molecule has 30 heavy (non-hydrogen) atoms. The second-order valence-corrected chi connectivity index (χ2v) is 7.52. The van der Waals surface area contributed by atoms with Gasteiger partial charge in [0.15, 0.2) is 0 Å². The van der Waals surface area contributed by atoms with E-state index in [2.05, 4.69) is 26.7 Å². The summed E-state index contributed by atoms with van der Waals surface area (Å²) < 4.78 is 2.46. The van der Waals surface area contributed by atoms with Crippen LogP contribution in [0.25, 0.3) is 6.08 Å². The third-order valence-electron chi connectivity index (χ3n) is 4.47. The molecular formula is C23H19BrN4O2. The number of halogens is 1. The van der Waals surface area contributed by atoms with Gasteiger partial charge in [0.05, 0.1) is 0 Å². The van der Waals surface area contributed by atoms with Crippen LogP contribution in [0.15, 0.2) is 70.7 Å². The number of nitrogens with zero attached hydrogens (tertiary/aromatic N) is 2. The molecule has 0 aliphatic carbocycles. The fraction of sp³-hybridized carbons (Fsp3) is 0.0870. The Bertz CT molecular complexity index is 1170. The molecule has 6 nitrogen and oxygen atoms in total. The summed E-state index contributed by atoms with van der Waals surface area (Å²) in [6.45, 7) is 3.65. The summed E-state index contributed by atoms with van der Waals surface area (Å²) in [5.41, 5.74) is 6.07. The Kier molecular flexibility index (Phi) is 6.50. The molecule has 1 heterocycles. The molecule has 0 saturated carbocycles. The van der Waals surface area contributed by atoms with Crippen LogP contribution >= 0.6 is 15.9 Å². The number of nitriles is 1. The highest BCUT2D eigenvalue weighted by Gasteiger charge is 2.15. The lowest BCUT2D eigenvalue weighted by Gasteiger charge is -2.11. The van der Waals surface area contributed by atoms with Crippen molar-refractivity contribution in [2.75, 3.05) is 10.7 Å². The number of anilines is 1. The van der Waals surface area contributed by atoms with E-state index in [0.29, 0.717) is 22.5 Å². The fourth-order valence-electron chi connectivity index (χ4n) is 2.93. The van der Waals surface area contributed by atoms with E-state index in [4.69, 9.17) is 0 Å². The van der Waals surface area contributed by atoms with Crippen LogP contribution in [0.3, 0.4) is 0 Å². The fourth-order valence-corrected chi connectivity index (χ4v) is 3.33. The third-order valence-corrected chi connectivity index (χ3v) is 4.96. The van der Waals surface area contributed by atoms with Crippen molar-refractivity contribution < 1.29 is 9.59 Å². The van der Waals surface area contributed by atoms with Gasteiger partial charge in [-0.25, -0.2) is 0 Å². The SMILES string of the molecule is Cc1cc(/C=C(/C#N)C(=O)Nc2cccc(Br)c2)c(C)n1NC(=O)c1ccccc1. The maximum absolute atomic E-state index is 12.5. The number of benzene rings is 2. The highest BCUT2D eigenvalue weighted by molar-refractivity contribution is 9.10. The lowest BCUT2D eigenvalue weighted by Crippen LogP contribution is -2.24. The summed E-state index contributed by atoms with van der Waals surface area (Å²) in [4.78, 5) is 25.0. The van der Waals surface area contributed by atoms with Crippen molar-refractivity contribution in [1.82, 2.24) is 4.68 Å². The highest BCUT2D eigenvalue weighted by atomic mass is 79.9. The Labute approximate surface area is 182 Å². The van der Waals surface area contributed by atoms with Gasteiger partial charge >= 0.3 is 0 Å². The number of nitrogens with one attached hydrogen (secondary N) is 2. The Hall–Kier alpha value is -3.63. The number of carbonyl (C=O) groups is 2. The van der Waals surface area contributed by atoms with Crippen molar-refractivity contribution >= 4 is 39.5 Å². The van der Waals surface area contributed by atoms with E-state index in [1.54, 1.807) is 47.1 Å². The standard InChI is InChI=1S/C23H19BrN4O2/c1-15-11-18(16(2)28(15)27-23(30)17-7-4-3-5-8-17)12-19(14-25)22(29)26-21-10-6-9-20(24)13-21/h3-13H,1-2H3,(H,26,29)(H,27,30)/b19-12-. The highest BCUT2D eigenvalue weighted by Crippen LogP contribution is 2.20. The Morgan fingerprint density at radius 1 is 1.07 bits per heavy atom. The van der Waals surface area contributed by atoms with Crippen molar-refractivity contribution in [1.29, 1.82) is 5.26 Å². The van der Waals surface area contributed by atoms with Gasteiger partial charge in [-0.2, -0.15) is 5.26 Å². The Morgan fingerprint density at radius 2 is 1.80 bits per heavy atom. The summed E-state index contributed by atoms with van der Waals surface area (Å²) in [5, 5.41) is 12.2. The van der Waals surface area contributed by atoms with Crippen LogP contribution in [0, 0.1) is 25.2 Å². The largest absolute Gasteiger partial charge is 0.321 e. The first-order valence-electron chi connectivity index (χ1n) is 9.13. The minimum atomic E-state index is -0.506. The first-order valence-corrected chi connectivity index (χ1v) is 9.92. The average Bonchev–Trinajstić information content (AvgIpc) is 2.99. The third kappa shape index (κ3) is 4.85. The van der Waals surface area contributed by atoms with Gasteiger partial charge in [0.25, 0.3) is 11.8 Å². The predicted octanol–water partition coefficient (Wildman–Crippen LogP) is 4.80. The zero-order chi connectivity index (χ0) is 21.7. The van der Waals surface area contributed by atoms with Crippen LogP contribution in [-0.4, -0.2) is 16.5 Å². The number of hydrogen-bond acceptors (Lipinski definition) is 3. The number of carbonyl (C=O) groups excluding carboxylic acids is 2. The molecule has 0 saturated heterocycles. The van der Waals surface area contributed by atoms with Gasteiger partial charge in [-0.15, -0.1) is 0 Å². The summed E-state index contributed by atoms with van der Waals surface area (Å²) >= 11 is 3.35. The van der Waals surface area contributed by atoms with E-state index in [-0.39, 0.29) is 11.5 Å². The minimum absolute atomic E-state index is 0.0374. The van der Waals surface area contributed by atoms with E-state index in [9.17, 15) is 14.9 Å². The van der Waals surface area contributed by atoms with Gasteiger partial charge in [-0.3, -0.25) is 19.7 Å². The first-order chi connectivity index (χ1) is 14.4. The molecule has 1 aromatic heterocycles. The van der Waals surface area contributed by atoms with Crippen LogP contribution in [-0.2, 0) is 4.79 Å². The van der Waals surface area contributed by atoms with Crippen LogP contribution in [0.1, 0.15) is 27.3 Å². The Balaban J connectivity index is 1.83. The van der Waals surface area contributed by atoms with E-state index in [1.165, 1.54) is 6.08 Å². The topological polar surface area (TPSA) is 86.9 Å². The molecule has 0 unspecified atom stereocenters. The first kappa shape index (κ1) is 21.1. The maximum Gasteiger partial charge on any atom is 0.270 e. The summed E-state index contributed by atoms with van der Waals surface area (Å²) in [6, 6.07) is 19.8. The van der Waals surface area contributed by atoms with Crippen molar-refractivity contribution in [3.05, 3.63) is 93.2 Å². The second-order valence-electron chi connectivity index (χ2n) is 6.60. The molecule has 0 radical (unpaired) electrons. The van der Waals surface area contributed by atoms with Gasteiger partial charge in [0, 0.05) is 27.1 Å². The predicted molar refractivity (Wildman–Crippen MR) is 120 cm³/mol. The molecule has 0 aliphatic heterocycles. The monoisotopic (exact) mass is 462 g/mol. The second kappa shape index (κ2) is 9.25. The number of amides is 2. The van der Waals surface area contributed by atoms with Crippen molar-refractivity contribution in [2.45, 2.75) is 13.8 Å². The molecule has 2 aromatic carbocycles. The van der Waals surface area contributed by atoms with Crippen LogP contribution in [0.4, 0.5) is 5.69 Å². The number of hydrogen-bond donors (Lipinski definition) is 2. The van der Waals surface area contributed by atoms with Gasteiger partial charge in [-0.05, 0) is 61.9 Å².